The van der Waals surface area contributed by atoms with Crippen molar-refractivity contribution in [3.05, 3.63) is 77.1 Å². The Hall–Kier alpha value is -3.78. The Bertz CT molecular complexity index is 1440. The fourth-order valence-corrected chi connectivity index (χ4v) is 7.53. The number of rotatable bonds is 10. The van der Waals surface area contributed by atoms with Crippen molar-refractivity contribution in [3.63, 3.8) is 0 Å². The van der Waals surface area contributed by atoms with Gasteiger partial charge in [-0.3, -0.25) is 9.59 Å². The molecule has 3 fully saturated rings. The van der Waals surface area contributed by atoms with Crippen molar-refractivity contribution in [3.8, 4) is 0 Å². The van der Waals surface area contributed by atoms with E-state index in [0.717, 1.165) is 43.2 Å². The maximum Gasteiger partial charge on any atom is 0.271 e. The number of nitrogens with zero attached hydrogens (tertiary/aromatic N) is 4. The van der Waals surface area contributed by atoms with Crippen LogP contribution in [0, 0.1) is 12.8 Å². The van der Waals surface area contributed by atoms with Crippen molar-refractivity contribution in [1.29, 1.82) is 0 Å². The highest BCUT2D eigenvalue weighted by molar-refractivity contribution is 5.96. The van der Waals surface area contributed by atoms with Gasteiger partial charge in [-0.1, -0.05) is 54.8 Å². The van der Waals surface area contributed by atoms with Gasteiger partial charge in [0.2, 0.25) is 0 Å². The van der Waals surface area contributed by atoms with E-state index in [2.05, 4.69) is 63.4 Å². The molecular weight excluding hydrogens is 548 g/mol. The van der Waals surface area contributed by atoms with Crippen LogP contribution in [0.25, 0.3) is 0 Å². The average molecular weight is 595 g/mol. The van der Waals surface area contributed by atoms with Crippen molar-refractivity contribution in [2.45, 2.75) is 83.1 Å². The summed E-state index contributed by atoms with van der Waals surface area (Å²) in [6, 6.07) is 17.5. The number of likely N-dealkylation sites (tertiary alicyclic amines) is 1. The number of nitrogens with one attached hydrogen (secondary N) is 1. The molecule has 3 heterocycles. The Morgan fingerprint density at radius 2 is 1.73 bits per heavy atom. The van der Waals surface area contributed by atoms with E-state index in [9.17, 15) is 9.59 Å². The Kier molecular flexibility index (Phi) is 9.55. The van der Waals surface area contributed by atoms with Crippen molar-refractivity contribution in [2.75, 3.05) is 36.4 Å². The van der Waals surface area contributed by atoms with Crippen molar-refractivity contribution >= 4 is 29.0 Å². The number of carbonyl (C=O) groups is 2. The van der Waals surface area contributed by atoms with Crippen LogP contribution in [-0.2, 0) is 11.2 Å². The van der Waals surface area contributed by atoms with E-state index in [0.29, 0.717) is 30.4 Å². The smallest absolute Gasteiger partial charge is 0.271 e. The van der Waals surface area contributed by atoms with Gasteiger partial charge in [0.05, 0.1) is 6.20 Å². The molecule has 2 saturated heterocycles. The van der Waals surface area contributed by atoms with Crippen LogP contribution in [0.4, 0.5) is 17.3 Å². The van der Waals surface area contributed by atoms with Crippen molar-refractivity contribution in [2.24, 2.45) is 11.7 Å². The van der Waals surface area contributed by atoms with E-state index >= 15 is 0 Å². The Labute approximate surface area is 261 Å². The number of benzene rings is 2. The van der Waals surface area contributed by atoms with Gasteiger partial charge >= 0.3 is 0 Å². The van der Waals surface area contributed by atoms with Crippen LogP contribution in [0.5, 0.6) is 0 Å². The van der Waals surface area contributed by atoms with Gasteiger partial charge in [-0.05, 0) is 93.6 Å². The molecule has 8 heteroatoms. The second-order valence-corrected chi connectivity index (χ2v) is 13.1. The highest BCUT2D eigenvalue weighted by atomic mass is 16.1. The number of hydrogen-bond acceptors (Lipinski definition) is 7. The third-order valence-electron chi connectivity index (χ3n) is 9.85. The SMILES string of the molecule is Cc1cccc(CC(=O)C[C@@H]2CCCN(c3cnc(C(N)=O)c(Nc4ccc(C5CCN(C6CCCC6)CC5)cc4)n3)C2)c1. The van der Waals surface area contributed by atoms with E-state index in [-0.39, 0.29) is 17.4 Å². The third kappa shape index (κ3) is 7.46. The zero-order valence-corrected chi connectivity index (χ0v) is 26.0. The third-order valence-corrected chi connectivity index (χ3v) is 9.85. The number of amides is 1. The molecule has 1 saturated carbocycles. The Morgan fingerprint density at radius 3 is 2.45 bits per heavy atom. The summed E-state index contributed by atoms with van der Waals surface area (Å²) >= 11 is 0. The zero-order chi connectivity index (χ0) is 30.5. The minimum absolute atomic E-state index is 0.124. The quantitative estimate of drug-likeness (QED) is 0.289. The molecular formula is C36H46N6O2. The number of nitrogens with two attached hydrogens (primary N) is 1. The second-order valence-electron chi connectivity index (χ2n) is 13.1. The number of Topliss-reactive ketones (excluding diaryl/α,β-unsaturated/α-hetero) is 1. The topological polar surface area (TPSA) is 104 Å². The van der Waals surface area contributed by atoms with Gasteiger partial charge in [0.15, 0.2) is 11.5 Å². The maximum atomic E-state index is 12.9. The number of anilines is 3. The van der Waals surface area contributed by atoms with Crippen LogP contribution in [0.2, 0.25) is 0 Å². The number of primary amides is 1. The molecule has 1 atom stereocenters. The standard InChI is InChI=1S/C36H46N6O2/c1-25-6-4-7-26(20-25)21-32(43)22-27-8-5-17-42(24-27)33-23-38-34(35(37)44)36(40-33)39-30-13-11-28(12-14-30)29-15-18-41(19-16-29)31-9-2-3-10-31/h4,6-7,11-14,20,23,27,29,31H,2-3,5,8-10,15-19,21-22,24H2,1H3,(H2,37,44)(H,39,40)/t27-/m0/s1. The van der Waals surface area contributed by atoms with E-state index in [1.54, 1.807) is 6.20 Å². The fourth-order valence-electron chi connectivity index (χ4n) is 7.53. The summed E-state index contributed by atoms with van der Waals surface area (Å²) in [4.78, 5) is 39.3. The first-order valence-corrected chi connectivity index (χ1v) is 16.5. The summed E-state index contributed by atoms with van der Waals surface area (Å²) in [6.45, 7) is 6.01. The predicted molar refractivity (Wildman–Crippen MR) is 176 cm³/mol. The van der Waals surface area contributed by atoms with Crippen LogP contribution >= 0.6 is 0 Å². The molecule has 1 aromatic heterocycles. The molecule has 44 heavy (non-hydrogen) atoms. The van der Waals surface area contributed by atoms with Gasteiger partial charge in [0.25, 0.3) is 5.91 Å². The van der Waals surface area contributed by atoms with Gasteiger partial charge < -0.3 is 20.9 Å². The zero-order valence-electron chi connectivity index (χ0n) is 26.0. The van der Waals surface area contributed by atoms with E-state index in [4.69, 9.17) is 10.7 Å². The number of piperidine rings is 2. The second kappa shape index (κ2) is 13.9. The first-order valence-electron chi connectivity index (χ1n) is 16.5. The molecule has 2 aromatic carbocycles. The Morgan fingerprint density at radius 1 is 0.955 bits per heavy atom. The van der Waals surface area contributed by atoms with Gasteiger partial charge in [0.1, 0.15) is 11.6 Å². The molecule has 232 valence electrons. The van der Waals surface area contributed by atoms with Crippen LogP contribution in [-0.4, -0.2) is 58.8 Å². The monoisotopic (exact) mass is 594 g/mol. The summed E-state index contributed by atoms with van der Waals surface area (Å²) in [6.07, 6.45) is 12.6. The largest absolute Gasteiger partial charge is 0.364 e. The first-order chi connectivity index (χ1) is 21.4. The van der Waals surface area contributed by atoms with Gasteiger partial charge in [-0.2, -0.15) is 0 Å². The lowest BCUT2D eigenvalue weighted by molar-refractivity contribution is -0.119. The summed E-state index contributed by atoms with van der Waals surface area (Å²) in [7, 11) is 0. The van der Waals surface area contributed by atoms with Gasteiger partial charge in [0, 0.05) is 37.7 Å². The van der Waals surface area contributed by atoms with Gasteiger partial charge in [-0.25, -0.2) is 9.97 Å². The lowest BCUT2D eigenvalue weighted by atomic mass is 9.88. The van der Waals surface area contributed by atoms with Crippen LogP contribution in [0.3, 0.4) is 0 Å². The fraction of sp³-hybridized carbons (Fsp3) is 0.500. The minimum Gasteiger partial charge on any atom is -0.364 e. The van der Waals surface area contributed by atoms with Gasteiger partial charge in [-0.15, -0.1) is 0 Å². The number of hydrogen-bond donors (Lipinski definition) is 2. The summed E-state index contributed by atoms with van der Waals surface area (Å²) in [5, 5.41) is 3.32. The predicted octanol–water partition coefficient (Wildman–Crippen LogP) is 6.17. The molecule has 1 aliphatic carbocycles. The maximum absolute atomic E-state index is 12.9. The number of ketones is 1. The van der Waals surface area contributed by atoms with Crippen LogP contribution < -0.4 is 16.0 Å². The molecule has 0 bridgehead atoms. The number of carbonyl (C=O) groups excluding carboxylic acids is 2. The summed E-state index contributed by atoms with van der Waals surface area (Å²) < 4.78 is 0. The first kappa shape index (κ1) is 30.3. The highest BCUT2D eigenvalue weighted by Crippen LogP contribution is 2.33. The lowest BCUT2D eigenvalue weighted by Crippen LogP contribution is -2.39. The summed E-state index contributed by atoms with van der Waals surface area (Å²) in [5.74, 6) is 1.55. The molecule has 3 N–H and O–H groups in total. The van der Waals surface area contributed by atoms with Crippen molar-refractivity contribution < 1.29 is 9.59 Å². The highest BCUT2D eigenvalue weighted by Gasteiger charge is 2.28. The average Bonchev–Trinajstić information content (AvgIpc) is 3.57. The van der Waals surface area contributed by atoms with E-state index in [1.165, 1.54) is 62.7 Å². The number of aryl methyl sites for hydroxylation is 1. The molecule has 6 rings (SSSR count). The van der Waals surface area contributed by atoms with Crippen LogP contribution in [0.1, 0.15) is 90.9 Å². The summed E-state index contributed by atoms with van der Waals surface area (Å²) in [5.41, 5.74) is 10.3. The Balaban J connectivity index is 1.08. The molecule has 3 aliphatic rings. The van der Waals surface area contributed by atoms with Crippen LogP contribution in [0.15, 0.2) is 54.7 Å². The molecule has 2 aliphatic heterocycles. The van der Waals surface area contributed by atoms with E-state index in [1.807, 2.05) is 12.1 Å². The lowest BCUT2D eigenvalue weighted by Gasteiger charge is -2.36. The van der Waals surface area contributed by atoms with Crippen molar-refractivity contribution in [1.82, 2.24) is 14.9 Å². The molecule has 0 unspecified atom stereocenters. The number of aromatic nitrogens is 2. The molecule has 3 aromatic rings. The normalized spacial score (nSPS) is 20.1. The molecule has 0 radical (unpaired) electrons. The molecule has 1 amide bonds. The molecule has 8 nitrogen and oxygen atoms in total. The molecule has 0 spiro atoms. The van der Waals surface area contributed by atoms with E-state index < -0.39 is 5.91 Å². The minimum atomic E-state index is -0.615.